The number of carboxylic acid groups (broad SMARTS) is 1. The van der Waals surface area contributed by atoms with Crippen LogP contribution in [-0.4, -0.2) is 28.1 Å². The summed E-state index contributed by atoms with van der Waals surface area (Å²) < 4.78 is 0. The largest absolute Gasteiger partial charge is 0.480 e. The maximum Gasteiger partial charge on any atom is 0.317 e. The molecule has 0 bridgehead atoms. The molecule has 1 rings (SSSR count). The predicted octanol–water partition coefficient (Wildman–Crippen LogP) is 3.33. The first kappa shape index (κ1) is 15.0. The summed E-state index contributed by atoms with van der Waals surface area (Å²) >= 11 is 6.19. The number of carboxylic acids is 1. The molecule has 0 fully saturated rings. The minimum Gasteiger partial charge on any atom is -0.480 e. The summed E-state index contributed by atoms with van der Waals surface area (Å²) in [6.07, 6.45) is 0. The minimum atomic E-state index is -0.826. The van der Waals surface area contributed by atoms with Gasteiger partial charge in [-0.3, -0.25) is 9.69 Å². The van der Waals surface area contributed by atoms with E-state index in [9.17, 15) is 4.79 Å². The Labute approximate surface area is 113 Å². The molecule has 4 heteroatoms. The summed E-state index contributed by atoms with van der Waals surface area (Å²) in [5, 5.41) is 9.65. The van der Waals surface area contributed by atoms with Crippen molar-refractivity contribution < 1.29 is 9.90 Å². The number of nitrogens with zero attached hydrogens (tertiary/aromatic N) is 1. The molecule has 0 aliphatic rings. The third-order valence-corrected chi connectivity index (χ3v) is 3.20. The Morgan fingerprint density at radius 2 is 2.00 bits per heavy atom. The van der Waals surface area contributed by atoms with E-state index in [-0.39, 0.29) is 12.1 Å². The van der Waals surface area contributed by atoms with Gasteiger partial charge in [0.1, 0.15) is 0 Å². The van der Waals surface area contributed by atoms with Crippen molar-refractivity contribution in [3.8, 4) is 0 Å². The Morgan fingerprint density at radius 3 is 2.44 bits per heavy atom. The van der Waals surface area contributed by atoms with E-state index in [4.69, 9.17) is 16.7 Å². The Balaban J connectivity index is 2.92. The van der Waals surface area contributed by atoms with E-state index in [1.807, 2.05) is 50.8 Å². The molecule has 0 aromatic heterocycles. The van der Waals surface area contributed by atoms with Crippen LogP contribution in [0.4, 0.5) is 0 Å². The summed E-state index contributed by atoms with van der Waals surface area (Å²) in [4.78, 5) is 12.8. The van der Waals surface area contributed by atoms with Crippen LogP contribution in [0.15, 0.2) is 18.2 Å². The van der Waals surface area contributed by atoms with Crippen molar-refractivity contribution in [2.24, 2.45) is 0 Å². The van der Waals surface area contributed by atoms with Crippen molar-refractivity contribution in [2.75, 3.05) is 6.54 Å². The number of aliphatic carboxylic acids is 1. The lowest BCUT2D eigenvalue weighted by Gasteiger charge is -2.34. The third kappa shape index (κ3) is 4.31. The van der Waals surface area contributed by atoms with Crippen molar-refractivity contribution in [1.29, 1.82) is 0 Å². The lowest BCUT2D eigenvalue weighted by molar-refractivity contribution is -0.139. The summed E-state index contributed by atoms with van der Waals surface area (Å²) in [5.74, 6) is -0.826. The van der Waals surface area contributed by atoms with Crippen LogP contribution in [0.25, 0.3) is 0 Å². The van der Waals surface area contributed by atoms with Crippen LogP contribution in [0.2, 0.25) is 5.02 Å². The van der Waals surface area contributed by atoms with Gasteiger partial charge in [-0.1, -0.05) is 23.7 Å². The Kier molecular flexibility index (Phi) is 4.77. The highest BCUT2D eigenvalue weighted by Crippen LogP contribution is 2.23. The molecule has 0 atom stereocenters. The number of halogens is 1. The fourth-order valence-electron chi connectivity index (χ4n) is 1.68. The van der Waals surface area contributed by atoms with Gasteiger partial charge in [-0.25, -0.2) is 0 Å². The van der Waals surface area contributed by atoms with Gasteiger partial charge < -0.3 is 5.11 Å². The summed E-state index contributed by atoms with van der Waals surface area (Å²) in [6, 6.07) is 5.85. The van der Waals surface area contributed by atoms with Crippen LogP contribution >= 0.6 is 11.6 Å². The number of hydrogen-bond donors (Lipinski definition) is 1. The van der Waals surface area contributed by atoms with Crippen LogP contribution in [0.5, 0.6) is 0 Å². The number of rotatable bonds is 4. The molecular formula is C14H20ClNO2. The van der Waals surface area contributed by atoms with Gasteiger partial charge in [-0.05, 0) is 44.9 Å². The number of aryl methyl sites for hydroxylation is 1. The van der Waals surface area contributed by atoms with Crippen LogP contribution in [0, 0.1) is 6.92 Å². The van der Waals surface area contributed by atoms with Gasteiger partial charge >= 0.3 is 5.97 Å². The molecule has 0 spiro atoms. The maximum atomic E-state index is 10.9. The van der Waals surface area contributed by atoms with E-state index in [1.54, 1.807) is 0 Å². The van der Waals surface area contributed by atoms with Crippen molar-refractivity contribution in [1.82, 2.24) is 4.90 Å². The summed E-state index contributed by atoms with van der Waals surface area (Å²) in [5.41, 5.74) is 1.84. The standard InChI is InChI=1S/C14H20ClNO2/c1-10-5-6-11(12(15)7-10)8-16(9-13(17)18)14(2,3)4/h5-7H,8-9H2,1-4H3,(H,17,18). The van der Waals surface area contributed by atoms with Gasteiger partial charge in [0.05, 0.1) is 6.54 Å². The van der Waals surface area contributed by atoms with E-state index < -0.39 is 5.97 Å². The zero-order chi connectivity index (χ0) is 13.9. The van der Waals surface area contributed by atoms with Gasteiger partial charge in [0.25, 0.3) is 0 Å². The molecule has 18 heavy (non-hydrogen) atoms. The van der Waals surface area contributed by atoms with Crippen LogP contribution in [0.1, 0.15) is 31.9 Å². The van der Waals surface area contributed by atoms with E-state index in [0.717, 1.165) is 11.1 Å². The fourth-order valence-corrected chi connectivity index (χ4v) is 1.97. The Morgan fingerprint density at radius 1 is 1.39 bits per heavy atom. The van der Waals surface area contributed by atoms with Crippen LogP contribution < -0.4 is 0 Å². The Bertz CT molecular complexity index is 438. The highest BCUT2D eigenvalue weighted by molar-refractivity contribution is 6.31. The van der Waals surface area contributed by atoms with Crippen LogP contribution in [-0.2, 0) is 11.3 Å². The van der Waals surface area contributed by atoms with Gasteiger partial charge in [0.2, 0.25) is 0 Å². The maximum absolute atomic E-state index is 10.9. The molecule has 0 unspecified atom stereocenters. The molecule has 100 valence electrons. The second-order valence-corrected chi connectivity index (χ2v) is 5.92. The molecule has 3 nitrogen and oxygen atoms in total. The molecule has 0 aliphatic carbocycles. The molecule has 0 amide bonds. The highest BCUT2D eigenvalue weighted by Gasteiger charge is 2.24. The zero-order valence-corrected chi connectivity index (χ0v) is 12.1. The smallest absolute Gasteiger partial charge is 0.317 e. The van der Waals surface area contributed by atoms with Gasteiger partial charge in [0.15, 0.2) is 0 Å². The second-order valence-electron chi connectivity index (χ2n) is 5.52. The van der Waals surface area contributed by atoms with Gasteiger partial charge in [-0.2, -0.15) is 0 Å². The zero-order valence-electron chi connectivity index (χ0n) is 11.3. The topological polar surface area (TPSA) is 40.5 Å². The van der Waals surface area contributed by atoms with Gasteiger partial charge in [0, 0.05) is 17.1 Å². The molecule has 0 saturated heterocycles. The van der Waals surface area contributed by atoms with Crippen molar-refractivity contribution in [3.05, 3.63) is 34.3 Å². The molecule has 0 radical (unpaired) electrons. The third-order valence-electron chi connectivity index (χ3n) is 2.84. The first-order valence-corrected chi connectivity index (χ1v) is 6.30. The average Bonchev–Trinajstić information content (AvgIpc) is 2.18. The van der Waals surface area contributed by atoms with E-state index in [1.165, 1.54) is 0 Å². The highest BCUT2D eigenvalue weighted by atomic mass is 35.5. The molecular weight excluding hydrogens is 250 g/mol. The van der Waals surface area contributed by atoms with Crippen LogP contribution in [0.3, 0.4) is 0 Å². The monoisotopic (exact) mass is 269 g/mol. The summed E-state index contributed by atoms with van der Waals surface area (Å²) in [7, 11) is 0. The second kappa shape index (κ2) is 5.72. The molecule has 1 N–H and O–H groups in total. The number of hydrogen-bond acceptors (Lipinski definition) is 2. The average molecular weight is 270 g/mol. The molecule has 0 saturated carbocycles. The van der Waals surface area contributed by atoms with E-state index >= 15 is 0 Å². The SMILES string of the molecule is Cc1ccc(CN(CC(=O)O)C(C)(C)C)c(Cl)c1. The normalized spacial score (nSPS) is 11.9. The predicted molar refractivity (Wildman–Crippen MR) is 74.0 cm³/mol. The van der Waals surface area contributed by atoms with E-state index in [0.29, 0.717) is 11.6 Å². The van der Waals surface area contributed by atoms with Crippen molar-refractivity contribution in [3.63, 3.8) is 0 Å². The van der Waals surface area contributed by atoms with E-state index in [2.05, 4.69) is 0 Å². The first-order chi connectivity index (χ1) is 8.20. The number of benzene rings is 1. The molecule has 1 aromatic carbocycles. The molecule has 0 heterocycles. The summed E-state index contributed by atoms with van der Waals surface area (Å²) in [6.45, 7) is 8.52. The van der Waals surface area contributed by atoms with Crippen molar-refractivity contribution in [2.45, 2.75) is 39.8 Å². The van der Waals surface area contributed by atoms with Gasteiger partial charge in [-0.15, -0.1) is 0 Å². The minimum absolute atomic E-state index is 0.00764. The lowest BCUT2D eigenvalue weighted by Crippen LogP contribution is -2.43. The lowest BCUT2D eigenvalue weighted by atomic mass is 10.0. The van der Waals surface area contributed by atoms with Crippen molar-refractivity contribution >= 4 is 17.6 Å². The molecule has 1 aromatic rings. The first-order valence-electron chi connectivity index (χ1n) is 5.92. The quantitative estimate of drug-likeness (QED) is 0.911. The number of carbonyl (C=O) groups is 1. The Hall–Kier alpha value is -1.06. The fraction of sp³-hybridized carbons (Fsp3) is 0.500. The molecule has 0 aliphatic heterocycles.